The topological polar surface area (TPSA) is 33.4 Å². The van der Waals surface area contributed by atoms with Crippen molar-refractivity contribution in [3.8, 4) is 11.1 Å². The van der Waals surface area contributed by atoms with Crippen molar-refractivity contribution in [2.45, 2.75) is 6.36 Å². The maximum atomic E-state index is 12.2. The Morgan fingerprint density at radius 3 is 2.85 bits per heavy atom. The van der Waals surface area contributed by atoms with Crippen LogP contribution in [0, 0.1) is 6.42 Å². The maximum Gasteiger partial charge on any atom is 0.204 e. The van der Waals surface area contributed by atoms with Gasteiger partial charge in [-0.2, -0.15) is 0 Å². The molecule has 0 aromatic carbocycles. The van der Waals surface area contributed by atoms with Crippen molar-refractivity contribution in [3.05, 3.63) is 42.7 Å². The summed E-state index contributed by atoms with van der Waals surface area (Å²) in [5.41, 5.74) is 2.53. The molecule has 0 saturated heterocycles. The molecule has 1 atom stereocenters. The number of halogens is 1. The molecule has 3 heteroatoms. The minimum absolute atomic E-state index is 0.659. The van der Waals surface area contributed by atoms with Crippen molar-refractivity contribution in [3.63, 3.8) is 0 Å². The molecule has 1 N–H and O–H groups in total. The van der Waals surface area contributed by atoms with Crippen LogP contribution in [0.25, 0.3) is 11.1 Å². The van der Waals surface area contributed by atoms with Gasteiger partial charge in [-0.15, -0.1) is 0 Å². The molecule has 0 saturated carbocycles. The lowest BCUT2D eigenvalue weighted by atomic mass is 10.2. The van der Waals surface area contributed by atoms with Gasteiger partial charge in [-0.3, -0.25) is 0 Å². The smallest absolute Gasteiger partial charge is 0.204 e. The van der Waals surface area contributed by atoms with E-state index in [9.17, 15) is 4.39 Å². The van der Waals surface area contributed by atoms with Crippen LogP contribution in [0.15, 0.2) is 35.1 Å². The molecule has 2 aliphatic rings. The quantitative estimate of drug-likeness (QED) is 0.766. The van der Waals surface area contributed by atoms with E-state index in [-0.39, 0.29) is 0 Å². The van der Waals surface area contributed by atoms with Gasteiger partial charge in [0.2, 0.25) is 6.36 Å². The van der Waals surface area contributed by atoms with Crippen molar-refractivity contribution in [2.24, 2.45) is 0 Å². The normalized spacial score (nSPS) is 13.4. The third-order valence-corrected chi connectivity index (χ3v) is 1.83. The predicted octanol–water partition coefficient (Wildman–Crippen LogP) is 2.22. The van der Waals surface area contributed by atoms with Crippen LogP contribution in [0.4, 0.5) is 4.39 Å². The molecule has 0 bridgehead atoms. The first-order chi connectivity index (χ1) is 6.25. The number of hydrogen-bond donors (Lipinski definition) is 1. The summed E-state index contributed by atoms with van der Waals surface area (Å²) >= 11 is 0. The molecular weight excluding hydrogens is 171 g/mol. The molecule has 1 aliphatic carbocycles. The Bertz CT molecular complexity index is 337. The zero-order valence-electron chi connectivity index (χ0n) is 6.77. The first-order valence-corrected chi connectivity index (χ1v) is 3.89. The highest BCUT2D eigenvalue weighted by Gasteiger charge is 2.09. The molecule has 67 valence electrons. The molecule has 1 aliphatic heterocycles. The Morgan fingerprint density at radius 2 is 2.15 bits per heavy atom. The SMILES string of the molecule is OC(F)[CH]c1cc2ccocc-2c1. The van der Waals surface area contributed by atoms with Crippen LogP contribution in [0.3, 0.4) is 0 Å². The van der Waals surface area contributed by atoms with Crippen LogP contribution in [0.2, 0.25) is 0 Å². The van der Waals surface area contributed by atoms with Crippen molar-refractivity contribution < 1.29 is 13.9 Å². The monoisotopic (exact) mass is 179 g/mol. The van der Waals surface area contributed by atoms with E-state index in [4.69, 9.17) is 9.52 Å². The van der Waals surface area contributed by atoms with E-state index in [0.717, 1.165) is 17.5 Å². The maximum absolute atomic E-state index is 12.2. The highest BCUT2D eigenvalue weighted by Crippen LogP contribution is 2.26. The first kappa shape index (κ1) is 8.26. The second kappa shape index (κ2) is 3.18. The zero-order valence-corrected chi connectivity index (χ0v) is 6.77. The summed E-state index contributed by atoms with van der Waals surface area (Å²) in [6, 6.07) is 5.33. The van der Waals surface area contributed by atoms with Gasteiger partial charge in [0.05, 0.1) is 18.9 Å². The van der Waals surface area contributed by atoms with E-state index in [0.29, 0.717) is 5.56 Å². The molecule has 0 amide bonds. The molecule has 2 rings (SSSR count). The fourth-order valence-electron chi connectivity index (χ4n) is 1.29. The van der Waals surface area contributed by atoms with Crippen LogP contribution in [-0.4, -0.2) is 11.5 Å². The van der Waals surface area contributed by atoms with Crippen molar-refractivity contribution in [1.82, 2.24) is 0 Å². The van der Waals surface area contributed by atoms with Gasteiger partial charge < -0.3 is 9.52 Å². The van der Waals surface area contributed by atoms with Gasteiger partial charge in [0, 0.05) is 5.56 Å². The average Bonchev–Trinajstić information content (AvgIpc) is 2.44. The van der Waals surface area contributed by atoms with Crippen molar-refractivity contribution in [1.29, 1.82) is 0 Å². The van der Waals surface area contributed by atoms with Crippen molar-refractivity contribution in [2.75, 3.05) is 0 Å². The molecule has 1 radical (unpaired) electrons. The van der Waals surface area contributed by atoms with Crippen LogP contribution in [0.1, 0.15) is 5.56 Å². The molecule has 1 unspecified atom stereocenters. The summed E-state index contributed by atoms with van der Waals surface area (Å²) in [4.78, 5) is 0. The Balaban J connectivity index is 2.34. The summed E-state index contributed by atoms with van der Waals surface area (Å²) in [6.45, 7) is 0. The lowest BCUT2D eigenvalue weighted by molar-refractivity contribution is 0.0760. The van der Waals surface area contributed by atoms with Gasteiger partial charge in [0.15, 0.2) is 0 Å². The van der Waals surface area contributed by atoms with E-state index >= 15 is 0 Å². The van der Waals surface area contributed by atoms with Gasteiger partial charge in [0.1, 0.15) is 0 Å². The van der Waals surface area contributed by atoms with Crippen LogP contribution >= 0.6 is 0 Å². The summed E-state index contributed by atoms with van der Waals surface area (Å²) in [5, 5.41) is 8.49. The molecule has 1 heterocycles. The second-order valence-corrected chi connectivity index (χ2v) is 2.80. The Hall–Kier alpha value is -1.35. The average molecular weight is 179 g/mol. The van der Waals surface area contributed by atoms with E-state index in [2.05, 4.69) is 0 Å². The predicted molar refractivity (Wildman–Crippen MR) is 45.8 cm³/mol. The lowest BCUT2D eigenvalue weighted by Gasteiger charge is -1.94. The minimum atomic E-state index is -1.91. The zero-order chi connectivity index (χ0) is 9.26. The van der Waals surface area contributed by atoms with E-state index in [1.807, 2.05) is 0 Å². The molecule has 0 aromatic heterocycles. The fraction of sp³-hybridized carbons (Fsp3) is 0.100. The van der Waals surface area contributed by atoms with Crippen LogP contribution < -0.4 is 0 Å². The van der Waals surface area contributed by atoms with Gasteiger partial charge in [-0.25, -0.2) is 4.39 Å². The standard InChI is InChI=1S/C10H8FO2/c11-10(12)5-7-3-8-1-2-13-6-9(8)4-7/h1-6,10,12H. The molecule has 0 spiro atoms. The number of hydrogen-bond acceptors (Lipinski definition) is 2. The molecule has 0 fully saturated rings. The third kappa shape index (κ3) is 1.70. The summed E-state index contributed by atoms with van der Waals surface area (Å²) in [7, 11) is 0. The van der Waals surface area contributed by atoms with E-state index < -0.39 is 6.36 Å². The first-order valence-electron chi connectivity index (χ1n) is 3.89. The third-order valence-electron chi connectivity index (χ3n) is 1.83. The Morgan fingerprint density at radius 1 is 1.38 bits per heavy atom. The number of aliphatic hydroxyl groups excluding tert-OH is 1. The summed E-state index contributed by atoms with van der Waals surface area (Å²) in [5.74, 6) is 0. The number of alkyl halides is 1. The second-order valence-electron chi connectivity index (χ2n) is 2.80. The Kier molecular flexibility index (Phi) is 2.02. The molecular formula is C10H8FO2. The molecule has 13 heavy (non-hydrogen) atoms. The fourth-order valence-corrected chi connectivity index (χ4v) is 1.29. The number of aliphatic hydroxyl groups is 1. The highest BCUT2D eigenvalue weighted by atomic mass is 19.1. The summed E-state index contributed by atoms with van der Waals surface area (Å²) < 4.78 is 17.1. The van der Waals surface area contributed by atoms with Gasteiger partial charge in [0.25, 0.3) is 0 Å². The van der Waals surface area contributed by atoms with Crippen LogP contribution in [0.5, 0.6) is 0 Å². The molecule has 0 aromatic rings. The van der Waals surface area contributed by atoms with E-state index in [1.54, 1.807) is 30.7 Å². The lowest BCUT2D eigenvalue weighted by Crippen LogP contribution is -1.97. The minimum Gasteiger partial charge on any atom is -0.472 e. The summed E-state index contributed by atoms with van der Waals surface area (Å²) in [6.07, 6.45) is 2.36. The van der Waals surface area contributed by atoms with Gasteiger partial charge in [-0.05, 0) is 23.3 Å². The number of fused-ring (bicyclic) bond motifs is 1. The van der Waals surface area contributed by atoms with E-state index in [1.165, 1.54) is 0 Å². The molecule has 2 nitrogen and oxygen atoms in total. The largest absolute Gasteiger partial charge is 0.472 e. The highest BCUT2D eigenvalue weighted by molar-refractivity contribution is 5.67. The van der Waals surface area contributed by atoms with Gasteiger partial charge in [-0.1, -0.05) is 6.07 Å². The van der Waals surface area contributed by atoms with Gasteiger partial charge >= 0.3 is 0 Å². The Labute approximate surface area is 75.0 Å². The van der Waals surface area contributed by atoms with Crippen LogP contribution in [-0.2, 0) is 0 Å². The number of rotatable bonds is 2. The van der Waals surface area contributed by atoms with Crippen molar-refractivity contribution >= 4 is 0 Å².